The average Bonchev–Trinajstić information content (AvgIpc) is 2.95. The maximum atomic E-state index is 13.0. The van der Waals surface area contributed by atoms with Crippen molar-refractivity contribution in [2.75, 3.05) is 60.5 Å². The van der Waals surface area contributed by atoms with Gasteiger partial charge in [-0.15, -0.1) is 0 Å². The molecule has 1 atom stereocenters. The molecule has 3 rings (SSSR count). The zero-order chi connectivity index (χ0) is 22.6. The van der Waals surface area contributed by atoms with Crippen LogP contribution in [0.4, 0.5) is 9.59 Å². The van der Waals surface area contributed by atoms with Crippen LogP contribution in [-0.4, -0.2) is 98.0 Å². The number of ether oxygens (including phenoxy) is 1. The molecule has 1 aromatic carbocycles. The average molecular weight is 432 g/mol. The second-order valence-corrected chi connectivity index (χ2v) is 8.61. The van der Waals surface area contributed by atoms with Crippen LogP contribution in [0.25, 0.3) is 0 Å². The summed E-state index contributed by atoms with van der Waals surface area (Å²) in [6.45, 7) is 5.32. The van der Waals surface area contributed by atoms with E-state index < -0.39 is 5.41 Å². The van der Waals surface area contributed by atoms with Crippen LogP contribution in [0.2, 0.25) is 0 Å². The summed E-state index contributed by atoms with van der Waals surface area (Å²) >= 11 is 0. The van der Waals surface area contributed by atoms with Gasteiger partial charge in [-0.3, -0.25) is 4.79 Å². The van der Waals surface area contributed by atoms with Gasteiger partial charge in [-0.25, -0.2) is 9.59 Å². The van der Waals surface area contributed by atoms with Gasteiger partial charge in [0.05, 0.1) is 7.11 Å². The van der Waals surface area contributed by atoms with Gasteiger partial charge in [-0.1, -0.05) is 12.1 Å². The summed E-state index contributed by atoms with van der Waals surface area (Å²) in [5.74, 6) is 0.849. The Morgan fingerprint density at radius 2 is 1.74 bits per heavy atom. The summed E-state index contributed by atoms with van der Waals surface area (Å²) in [4.78, 5) is 45.1. The maximum Gasteiger partial charge on any atom is 0.319 e. The molecule has 0 saturated carbocycles. The molecule has 9 heteroatoms. The fraction of sp³-hybridized carbons (Fsp3) is 0.591. The number of benzene rings is 1. The van der Waals surface area contributed by atoms with E-state index in [1.165, 1.54) is 0 Å². The second kappa shape index (κ2) is 9.45. The lowest BCUT2D eigenvalue weighted by molar-refractivity contribution is -0.127. The first-order valence-electron chi connectivity index (χ1n) is 10.7. The van der Waals surface area contributed by atoms with Crippen molar-refractivity contribution in [3.63, 3.8) is 0 Å². The number of carbonyl (C=O) groups excluding carboxylic acids is 3. The largest absolute Gasteiger partial charge is 0.497 e. The summed E-state index contributed by atoms with van der Waals surface area (Å²) in [7, 11) is 5.05. The van der Waals surface area contributed by atoms with Gasteiger partial charge >= 0.3 is 12.1 Å². The third kappa shape index (κ3) is 5.21. The lowest BCUT2D eigenvalue weighted by atomic mass is 9.86. The molecule has 2 fully saturated rings. The number of rotatable bonds is 4. The van der Waals surface area contributed by atoms with Gasteiger partial charge in [-0.2, -0.15) is 0 Å². The van der Waals surface area contributed by atoms with Gasteiger partial charge in [0.1, 0.15) is 5.75 Å². The quantitative estimate of drug-likeness (QED) is 0.782. The van der Waals surface area contributed by atoms with Crippen molar-refractivity contribution >= 4 is 18.0 Å². The fourth-order valence-corrected chi connectivity index (χ4v) is 4.39. The van der Waals surface area contributed by atoms with Gasteiger partial charge < -0.3 is 29.7 Å². The Bertz CT molecular complexity index is 813. The molecule has 170 valence electrons. The smallest absolute Gasteiger partial charge is 0.319 e. The predicted octanol–water partition coefficient (Wildman–Crippen LogP) is 1.44. The van der Waals surface area contributed by atoms with Crippen LogP contribution in [-0.2, 0) is 11.3 Å². The number of methoxy groups -OCH3 is 1. The van der Waals surface area contributed by atoms with Crippen molar-refractivity contribution in [1.29, 1.82) is 0 Å². The van der Waals surface area contributed by atoms with Gasteiger partial charge in [0.2, 0.25) is 5.91 Å². The monoisotopic (exact) mass is 431 g/mol. The second-order valence-electron chi connectivity index (χ2n) is 8.61. The molecular formula is C22H33N5O4. The van der Waals surface area contributed by atoms with E-state index in [1.807, 2.05) is 36.1 Å². The molecule has 2 saturated heterocycles. The highest BCUT2D eigenvalue weighted by molar-refractivity contribution is 5.81. The zero-order valence-corrected chi connectivity index (χ0v) is 18.9. The molecule has 2 heterocycles. The van der Waals surface area contributed by atoms with Crippen molar-refractivity contribution in [2.45, 2.75) is 19.9 Å². The van der Waals surface area contributed by atoms with E-state index >= 15 is 0 Å². The third-order valence-electron chi connectivity index (χ3n) is 6.02. The van der Waals surface area contributed by atoms with Crippen LogP contribution < -0.4 is 10.1 Å². The first kappa shape index (κ1) is 22.7. The number of carbonyl (C=O) groups is 3. The molecule has 31 heavy (non-hydrogen) atoms. The van der Waals surface area contributed by atoms with Crippen LogP contribution >= 0.6 is 0 Å². The predicted molar refractivity (Wildman–Crippen MR) is 117 cm³/mol. The fourth-order valence-electron chi connectivity index (χ4n) is 4.39. The molecule has 2 aliphatic rings. The van der Waals surface area contributed by atoms with Crippen LogP contribution in [0.3, 0.4) is 0 Å². The first-order valence-corrected chi connectivity index (χ1v) is 10.7. The number of hydrogen-bond acceptors (Lipinski definition) is 4. The molecule has 1 aromatic rings. The molecule has 1 unspecified atom stereocenters. The highest BCUT2D eigenvalue weighted by atomic mass is 16.5. The highest BCUT2D eigenvalue weighted by Gasteiger charge is 2.47. The molecule has 0 radical (unpaired) electrons. The summed E-state index contributed by atoms with van der Waals surface area (Å²) in [5.41, 5.74) is 0.517. The normalized spacial score (nSPS) is 21.3. The van der Waals surface area contributed by atoms with E-state index in [2.05, 4.69) is 5.32 Å². The summed E-state index contributed by atoms with van der Waals surface area (Å²) in [6, 6.07) is 7.26. The Morgan fingerprint density at radius 1 is 1.10 bits per heavy atom. The van der Waals surface area contributed by atoms with Crippen LogP contribution in [0.5, 0.6) is 5.75 Å². The first-order chi connectivity index (χ1) is 14.8. The minimum Gasteiger partial charge on any atom is -0.497 e. The third-order valence-corrected chi connectivity index (χ3v) is 6.02. The molecule has 0 bridgehead atoms. The highest BCUT2D eigenvalue weighted by Crippen LogP contribution is 2.35. The van der Waals surface area contributed by atoms with Crippen molar-refractivity contribution in [1.82, 2.24) is 24.9 Å². The van der Waals surface area contributed by atoms with Crippen LogP contribution in [0, 0.1) is 5.41 Å². The number of likely N-dealkylation sites (tertiary alicyclic amines) is 1. The number of urea groups is 2. The van der Waals surface area contributed by atoms with Crippen molar-refractivity contribution in [3.05, 3.63) is 29.8 Å². The Hall–Kier alpha value is -2.97. The number of nitrogens with zero attached hydrogens (tertiary/aromatic N) is 4. The van der Waals surface area contributed by atoms with E-state index in [9.17, 15) is 14.4 Å². The summed E-state index contributed by atoms with van der Waals surface area (Å²) in [6.07, 6.45) is 0.348. The molecule has 1 spiro atoms. The van der Waals surface area contributed by atoms with Gasteiger partial charge in [0, 0.05) is 71.7 Å². The topological polar surface area (TPSA) is 85.4 Å². The Balaban J connectivity index is 1.72. The number of nitrogens with one attached hydrogen (secondary N) is 1. The molecule has 0 aromatic heterocycles. The Kier molecular flexibility index (Phi) is 6.92. The Morgan fingerprint density at radius 3 is 2.32 bits per heavy atom. The molecule has 5 amide bonds. The van der Waals surface area contributed by atoms with Crippen LogP contribution in [0.15, 0.2) is 24.3 Å². The lowest BCUT2D eigenvalue weighted by Gasteiger charge is -2.34. The number of hydrogen-bond donors (Lipinski definition) is 1. The minimum atomic E-state index is -0.452. The minimum absolute atomic E-state index is 0.0836. The lowest BCUT2D eigenvalue weighted by Crippen LogP contribution is -2.48. The van der Waals surface area contributed by atoms with Crippen molar-refractivity contribution in [3.8, 4) is 5.75 Å². The van der Waals surface area contributed by atoms with Gasteiger partial charge in [-0.05, 0) is 24.6 Å². The van der Waals surface area contributed by atoms with E-state index in [0.29, 0.717) is 52.2 Å². The molecule has 9 nitrogen and oxygen atoms in total. The standard InChI is InChI=1S/C22H33N5O4/c1-5-25-14-22(12-19(25)28)15-26(10-11-27(16-22)21(30)24(2)3)20(29)23-13-17-6-8-18(31-4)9-7-17/h6-9H,5,10-16H2,1-4H3,(H,23,29). The summed E-state index contributed by atoms with van der Waals surface area (Å²) in [5, 5.41) is 2.98. The maximum absolute atomic E-state index is 13.0. The zero-order valence-electron chi connectivity index (χ0n) is 18.9. The molecule has 0 aliphatic carbocycles. The van der Waals surface area contributed by atoms with E-state index in [4.69, 9.17) is 4.74 Å². The van der Waals surface area contributed by atoms with E-state index in [0.717, 1.165) is 11.3 Å². The molecule has 1 N–H and O–H groups in total. The van der Waals surface area contributed by atoms with Crippen molar-refractivity contribution in [2.24, 2.45) is 5.41 Å². The van der Waals surface area contributed by atoms with Crippen LogP contribution in [0.1, 0.15) is 18.9 Å². The SMILES string of the molecule is CCN1CC2(CC1=O)CN(C(=O)NCc1ccc(OC)cc1)CCN(C(=O)N(C)C)C2. The van der Waals surface area contributed by atoms with E-state index in [1.54, 1.807) is 35.9 Å². The molecular weight excluding hydrogens is 398 g/mol. The van der Waals surface area contributed by atoms with Crippen molar-refractivity contribution < 1.29 is 19.1 Å². The number of amides is 5. The van der Waals surface area contributed by atoms with Gasteiger partial charge in [0.15, 0.2) is 0 Å². The van der Waals surface area contributed by atoms with E-state index in [-0.39, 0.29) is 18.0 Å². The Labute approximate surface area is 183 Å². The summed E-state index contributed by atoms with van der Waals surface area (Å²) < 4.78 is 5.17. The van der Waals surface area contributed by atoms with Gasteiger partial charge in [0.25, 0.3) is 0 Å². The molecule has 2 aliphatic heterocycles.